The van der Waals surface area contributed by atoms with Crippen molar-refractivity contribution in [3.63, 3.8) is 0 Å². The SMILES string of the molecule is Cc1ccc(-c2nnc(SCC(=O)N3CCN(c4ncccn4)CC3)nc2-c2ccc(C)cc2)cc1. The van der Waals surface area contributed by atoms with Crippen molar-refractivity contribution in [1.29, 1.82) is 0 Å². The van der Waals surface area contributed by atoms with Crippen molar-refractivity contribution in [2.45, 2.75) is 19.0 Å². The first-order valence-corrected chi connectivity index (χ1v) is 12.9. The Bertz CT molecular complexity index is 1320. The summed E-state index contributed by atoms with van der Waals surface area (Å²) in [5.41, 5.74) is 5.78. The van der Waals surface area contributed by atoms with Crippen LogP contribution in [0.2, 0.25) is 0 Å². The van der Waals surface area contributed by atoms with E-state index in [0.29, 0.717) is 37.3 Å². The van der Waals surface area contributed by atoms with Crippen molar-refractivity contribution in [1.82, 2.24) is 30.0 Å². The quantitative estimate of drug-likeness (QED) is 0.369. The van der Waals surface area contributed by atoms with Crippen molar-refractivity contribution < 1.29 is 4.79 Å². The maximum absolute atomic E-state index is 12.9. The monoisotopic (exact) mass is 497 g/mol. The second kappa shape index (κ2) is 10.8. The van der Waals surface area contributed by atoms with Gasteiger partial charge < -0.3 is 9.80 Å². The van der Waals surface area contributed by atoms with Gasteiger partial charge in [0, 0.05) is 49.7 Å². The van der Waals surface area contributed by atoms with Gasteiger partial charge in [0.25, 0.3) is 0 Å². The number of aryl methyl sites for hydroxylation is 2. The molecule has 0 spiro atoms. The molecule has 3 heterocycles. The molecule has 1 amide bonds. The third-order valence-corrected chi connectivity index (χ3v) is 6.93. The number of thioether (sulfide) groups is 1. The highest BCUT2D eigenvalue weighted by Crippen LogP contribution is 2.30. The number of carbonyl (C=O) groups is 1. The lowest BCUT2D eigenvalue weighted by Gasteiger charge is -2.34. The predicted octanol–water partition coefficient (Wildman–Crippen LogP) is 4.05. The maximum Gasteiger partial charge on any atom is 0.233 e. The minimum atomic E-state index is 0.0664. The molecule has 182 valence electrons. The van der Waals surface area contributed by atoms with E-state index >= 15 is 0 Å². The van der Waals surface area contributed by atoms with E-state index in [1.807, 2.05) is 29.2 Å². The third-order valence-electron chi connectivity index (χ3n) is 6.11. The Morgan fingerprint density at radius 2 is 1.39 bits per heavy atom. The highest BCUT2D eigenvalue weighted by atomic mass is 32.2. The lowest BCUT2D eigenvalue weighted by Crippen LogP contribution is -2.49. The summed E-state index contributed by atoms with van der Waals surface area (Å²) in [5, 5.41) is 9.38. The van der Waals surface area contributed by atoms with Gasteiger partial charge in [0.15, 0.2) is 0 Å². The van der Waals surface area contributed by atoms with Crippen LogP contribution in [0.3, 0.4) is 0 Å². The second-order valence-corrected chi connectivity index (χ2v) is 9.67. The zero-order valence-electron chi connectivity index (χ0n) is 20.3. The highest BCUT2D eigenvalue weighted by molar-refractivity contribution is 7.99. The van der Waals surface area contributed by atoms with Gasteiger partial charge in [-0.15, -0.1) is 10.2 Å². The van der Waals surface area contributed by atoms with Crippen LogP contribution in [0.15, 0.2) is 72.1 Å². The number of benzene rings is 2. The molecule has 8 nitrogen and oxygen atoms in total. The lowest BCUT2D eigenvalue weighted by molar-refractivity contribution is -0.128. The molecule has 0 atom stereocenters. The van der Waals surface area contributed by atoms with Gasteiger partial charge in [-0.3, -0.25) is 4.79 Å². The molecule has 36 heavy (non-hydrogen) atoms. The van der Waals surface area contributed by atoms with E-state index in [1.54, 1.807) is 18.5 Å². The average molecular weight is 498 g/mol. The lowest BCUT2D eigenvalue weighted by atomic mass is 10.0. The van der Waals surface area contributed by atoms with Gasteiger partial charge in [-0.25, -0.2) is 15.0 Å². The first-order chi connectivity index (χ1) is 17.6. The summed E-state index contributed by atoms with van der Waals surface area (Å²) in [6.07, 6.45) is 3.47. The molecule has 0 radical (unpaired) electrons. The number of amides is 1. The van der Waals surface area contributed by atoms with Crippen LogP contribution < -0.4 is 4.90 Å². The molecule has 1 aliphatic rings. The van der Waals surface area contributed by atoms with Crippen LogP contribution in [0.25, 0.3) is 22.5 Å². The standard InChI is InChI=1S/C27H27N7OS/c1-19-4-8-21(9-5-19)24-25(22-10-6-20(2)7-11-22)31-32-27(30-24)36-18-23(35)33-14-16-34(17-15-33)26-28-12-3-13-29-26/h3-13H,14-18H2,1-2H3. The van der Waals surface area contributed by atoms with Crippen LogP contribution in [0.4, 0.5) is 5.95 Å². The van der Waals surface area contributed by atoms with Crippen LogP contribution in [0.5, 0.6) is 0 Å². The summed E-state index contributed by atoms with van der Waals surface area (Å²) in [6.45, 7) is 6.81. The van der Waals surface area contributed by atoms with Gasteiger partial charge in [-0.05, 0) is 19.9 Å². The number of hydrogen-bond donors (Lipinski definition) is 0. The molecular weight excluding hydrogens is 470 g/mol. The summed E-state index contributed by atoms with van der Waals surface area (Å²) < 4.78 is 0. The van der Waals surface area contributed by atoms with E-state index in [0.717, 1.165) is 22.5 Å². The van der Waals surface area contributed by atoms with Crippen molar-refractivity contribution in [2.24, 2.45) is 0 Å². The first-order valence-electron chi connectivity index (χ1n) is 11.9. The maximum atomic E-state index is 12.9. The van der Waals surface area contributed by atoms with Crippen LogP contribution >= 0.6 is 11.8 Å². The molecular formula is C27H27N7OS. The van der Waals surface area contributed by atoms with Gasteiger partial charge in [-0.1, -0.05) is 71.4 Å². The molecule has 0 saturated carbocycles. The smallest absolute Gasteiger partial charge is 0.233 e. The second-order valence-electron chi connectivity index (χ2n) is 8.73. The molecule has 0 N–H and O–H groups in total. The fourth-order valence-corrected chi connectivity index (χ4v) is 4.71. The highest BCUT2D eigenvalue weighted by Gasteiger charge is 2.23. The zero-order valence-corrected chi connectivity index (χ0v) is 21.1. The van der Waals surface area contributed by atoms with Crippen LogP contribution in [0, 0.1) is 13.8 Å². The fraction of sp³-hybridized carbons (Fsp3) is 0.259. The molecule has 5 rings (SSSR count). The van der Waals surface area contributed by atoms with Gasteiger partial charge >= 0.3 is 0 Å². The molecule has 1 fully saturated rings. The van der Waals surface area contributed by atoms with Crippen LogP contribution in [-0.2, 0) is 4.79 Å². The van der Waals surface area contributed by atoms with Crippen molar-refractivity contribution in [3.05, 3.63) is 78.1 Å². The Labute approximate surface area is 214 Å². The van der Waals surface area contributed by atoms with Gasteiger partial charge in [0.1, 0.15) is 11.4 Å². The van der Waals surface area contributed by atoms with Crippen LogP contribution in [0.1, 0.15) is 11.1 Å². The van der Waals surface area contributed by atoms with Crippen LogP contribution in [-0.4, -0.2) is 67.9 Å². The van der Waals surface area contributed by atoms with Gasteiger partial charge in [0.05, 0.1) is 5.75 Å². The summed E-state index contributed by atoms with van der Waals surface area (Å²) in [4.78, 5) is 30.3. The summed E-state index contributed by atoms with van der Waals surface area (Å²) in [7, 11) is 0. The van der Waals surface area contributed by atoms with Crippen molar-refractivity contribution >= 4 is 23.6 Å². The number of hydrogen-bond acceptors (Lipinski definition) is 8. The number of piperazine rings is 1. The Hall–Kier alpha value is -3.85. The number of anilines is 1. The summed E-state index contributed by atoms with van der Waals surface area (Å²) in [5.74, 6) is 1.04. The molecule has 1 saturated heterocycles. The Morgan fingerprint density at radius 3 is 2.00 bits per heavy atom. The number of rotatable bonds is 6. The molecule has 0 unspecified atom stereocenters. The molecule has 9 heteroatoms. The Balaban J connectivity index is 1.29. The van der Waals surface area contributed by atoms with E-state index in [9.17, 15) is 4.79 Å². The molecule has 4 aromatic rings. The van der Waals surface area contributed by atoms with Gasteiger partial charge in [-0.2, -0.15) is 0 Å². The van der Waals surface area contributed by atoms with E-state index in [2.05, 4.69) is 63.2 Å². The molecule has 0 bridgehead atoms. The number of aromatic nitrogens is 5. The topological polar surface area (TPSA) is 88.0 Å². The summed E-state index contributed by atoms with van der Waals surface area (Å²) in [6, 6.07) is 18.2. The minimum absolute atomic E-state index is 0.0664. The molecule has 2 aromatic heterocycles. The molecule has 1 aliphatic heterocycles. The third kappa shape index (κ3) is 5.52. The van der Waals surface area contributed by atoms with Crippen molar-refractivity contribution in [3.8, 4) is 22.5 Å². The summed E-state index contributed by atoms with van der Waals surface area (Å²) >= 11 is 1.32. The normalized spacial score (nSPS) is 13.6. The Morgan fingerprint density at radius 1 is 0.806 bits per heavy atom. The average Bonchev–Trinajstić information content (AvgIpc) is 2.93. The predicted molar refractivity (Wildman–Crippen MR) is 142 cm³/mol. The number of carbonyl (C=O) groups excluding carboxylic acids is 1. The minimum Gasteiger partial charge on any atom is -0.338 e. The largest absolute Gasteiger partial charge is 0.338 e. The fourth-order valence-electron chi connectivity index (χ4n) is 4.02. The van der Waals surface area contributed by atoms with E-state index in [4.69, 9.17) is 4.98 Å². The first kappa shape index (κ1) is 23.9. The van der Waals surface area contributed by atoms with Crippen molar-refractivity contribution in [2.75, 3.05) is 36.8 Å². The van der Waals surface area contributed by atoms with Gasteiger partial charge in [0.2, 0.25) is 17.0 Å². The zero-order chi connectivity index (χ0) is 24.9. The van der Waals surface area contributed by atoms with E-state index < -0.39 is 0 Å². The molecule has 2 aromatic carbocycles. The van der Waals surface area contributed by atoms with E-state index in [1.165, 1.54) is 22.9 Å². The number of nitrogens with zero attached hydrogens (tertiary/aromatic N) is 7. The Kier molecular flexibility index (Phi) is 7.18. The van der Waals surface area contributed by atoms with E-state index in [-0.39, 0.29) is 11.7 Å². The molecule has 0 aliphatic carbocycles.